The standard InChI is InChI=1S/C11H16N2O2/c1-3-6-12-11(15)9(2)13-7-4-5-10(14)8-13/h1,9H,4-8H2,2H3,(H,12,15). The van der Waals surface area contributed by atoms with Gasteiger partial charge in [0.25, 0.3) is 0 Å². The lowest BCUT2D eigenvalue weighted by Crippen LogP contribution is -2.49. The van der Waals surface area contributed by atoms with Crippen molar-refractivity contribution in [2.75, 3.05) is 19.6 Å². The molecule has 1 fully saturated rings. The van der Waals surface area contributed by atoms with Crippen LogP contribution in [0.3, 0.4) is 0 Å². The van der Waals surface area contributed by atoms with Crippen molar-refractivity contribution in [1.82, 2.24) is 10.2 Å². The minimum atomic E-state index is -0.275. The zero-order chi connectivity index (χ0) is 11.3. The summed E-state index contributed by atoms with van der Waals surface area (Å²) in [5.41, 5.74) is 0. The lowest BCUT2D eigenvalue weighted by Gasteiger charge is -2.30. The van der Waals surface area contributed by atoms with Crippen molar-refractivity contribution < 1.29 is 9.59 Å². The predicted molar refractivity (Wildman–Crippen MR) is 57.1 cm³/mol. The average Bonchev–Trinajstić information content (AvgIpc) is 2.24. The third-order valence-corrected chi connectivity index (χ3v) is 2.57. The lowest BCUT2D eigenvalue weighted by atomic mass is 10.1. The number of Topliss-reactive ketones (excluding diaryl/α,β-unsaturated/α-hetero) is 1. The Labute approximate surface area is 90.0 Å². The van der Waals surface area contributed by atoms with Gasteiger partial charge in [-0.1, -0.05) is 5.92 Å². The fourth-order valence-electron chi connectivity index (χ4n) is 1.65. The van der Waals surface area contributed by atoms with E-state index in [4.69, 9.17) is 6.42 Å². The molecule has 82 valence electrons. The van der Waals surface area contributed by atoms with E-state index in [-0.39, 0.29) is 24.3 Å². The van der Waals surface area contributed by atoms with Gasteiger partial charge in [-0.3, -0.25) is 14.5 Å². The fraction of sp³-hybridized carbons (Fsp3) is 0.636. The molecular weight excluding hydrogens is 192 g/mol. The number of likely N-dealkylation sites (tertiary alicyclic amines) is 1. The third kappa shape index (κ3) is 3.37. The van der Waals surface area contributed by atoms with Gasteiger partial charge in [0.1, 0.15) is 5.78 Å². The number of rotatable bonds is 3. The second-order valence-corrected chi connectivity index (χ2v) is 3.71. The summed E-state index contributed by atoms with van der Waals surface area (Å²) in [6, 6.07) is -0.275. The molecule has 1 heterocycles. The Morgan fingerprint density at radius 3 is 3.07 bits per heavy atom. The first-order valence-corrected chi connectivity index (χ1v) is 5.12. The fourth-order valence-corrected chi connectivity index (χ4v) is 1.65. The highest BCUT2D eigenvalue weighted by Crippen LogP contribution is 2.09. The number of hydrogen-bond donors (Lipinski definition) is 1. The second kappa shape index (κ2) is 5.52. The van der Waals surface area contributed by atoms with Crippen LogP contribution in [0.4, 0.5) is 0 Å². The molecule has 0 aromatic rings. The highest BCUT2D eigenvalue weighted by Gasteiger charge is 2.25. The van der Waals surface area contributed by atoms with Gasteiger partial charge in [0, 0.05) is 6.42 Å². The Balaban J connectivity index is 2.44. The first-order valence-electron chi connectivity index (χ1n) is 5.12. The van der Waals surface area contributed by atoms with Crippen LogP contribution in [0, 0.1) is 12.3 Å². The van der Waals surface area contributed by atoms with Crippen LogP contribution in [-0.4, -0.2) is 42.3 Å². The second-order valence-electron chi connectivity index (χ2n) is 3.71. The number of ketones is 1. The van der Waals surface area contributed by atoms with Gasteiger partial charge in [-0.25, -0.2) is 0 Å². The van der Waals surface area contributed by atoms with Crippen LogP contribution in [0.15, 0.2) is 0 Å². The molecular formula is C11H16N2O2. The monoisotopic (exact) mass is 208 g/mol. The van der Waals surface area contributed by atoms with E-state index < -0.39 is 0 Å². The molecule has 0 aromatic heterocycles. The number of nitrogens with zero attached hydrogens (tertiary/aromatic N) is 1. The number of hydrogen-bond acceptors (Lipinski definition) is 3. The molecule has 0 spiro atoms. The summed E-state index contributed by atoms with van der Waals surface area (Å²) in [7, 11) is 0. The van der Waals surface area contributed by atoms with Gasteiger partial charge in [0.15, 0.2) is 0 Å². The largest absolute Gasteiger partial charge is 0.344 e. The number of terminal acetylenes is 1. The average molecular weight is 208 g/mol. The molecule has 1 amide bonds. The zero-order valence-electron chi connectivity index (χ0n) is 8.95. The van der Waals surface area contributed by atoms with Crippen LogP contribution in [0.5, 0.6) is 0 Å². The summed E-state index contributed by atoms with van der Waals surface area (Å²) in [6.07, 6.45) is 6.52. The number of amides is 1. The Morgan fingerprint density at radius 1 is 1.73 bits per heavy atom. The first kappa shape index (κ1) is 11.7. The van der Waals surface area contributed by atoms with E-state index in [1.807, 2.05) is 4.90 Å². The van der Waals surface area contributed by atoms with Crippen LogP contribution < -0.4 is 5.32 Å². The first-order chi connectivity index (χ1) is 7.15. The van der Waals surface area contributed by atoms with Crippen LogP contribution >= 0.6 is 0 Å². The Bertz CT molecular complexity index is 293. The maximum absolute atomic E-state index is 11.5. The summed E-state index contributed by atoms with van der Waals surface area (Å²) in [5, 5.41) is 2.62. The zero-order valence-corrected chi connectivity index (χ0v) is 8.95. The van der Waals surface area contributed by atoms with Gasteiger partial charge < -0.3 is 5.32 Å². The van der Waals surface area contributed by atoms with Gasteiger partial charge in [0.2, 0.25) is 5.91 Å². The van der Waals surface area contributed by atoms with Crippen molar-refractivity contribution in [1.29, 1.82) is 0 Å². The van der Waals surface area contributed by atoms with Gasteiger partial charge >= 0.3 is 0 Å². The molecule has 0 radical (unpaired) electrons. The van der Waals surface area contributed by atoms with Crippen LogP contribution in [0.25, 0.3) is 0 Å². The minimum Gasteiger partial charge on any atom is -0.344 e. The van der Waals surface area contributed by atoms with Gasteiger partial charge in [-0.2, -0.15) is 0 Å². The minimum absolute atomic E-state index is 0.109. The maximum Gasteiger partial charge on any atom is 0.237 e. The molecule has 15 heavy (non-hydrogen) atoms. The van der Waals surface area contributed by atoms with Crippen molar-refractivity contribution in [3.63, 3.8) is 0 Å². The normalized spacial score (nSPS) is 19.3. The number of carbonyl (C=O) groups is 2. The number of nitrogens with one attached hydrogen (secondary N) is 1. The van der Waals surface area contributed by atoms with Gasteiger partial charge in [0.05, 0.1) is 19.1 Å². The third-order valence-electron chi connectivity index (χ3n) is 2.57. The van der Waals surface area contributed by atoms with E-state index in [9.17, 15) is 9.59 Å². The highest BCUT2D eigenvalue weighted by atomic mass is 16.2. The summed E-state index contributed by atoms with van der Waals surface area (Å²) in [5.74, 6) is 2.45. The molecule has 0 bridgehead atoms. The van der Waals surface area contributed by atoms with E-state index in [2.05, 4.69) is 11.2 Å². The van der Waals surface area contributed by atoms with E-state index in [1.165, 1.54) is 0 Å². The quantitative estimate of drug-likeness (QED) is 0.653. The van der Waals surface area contributed by atoms with Crippen LogP contribution in [-0.2, 0) is 9.59 Å². The summed E-state index contributed by atoms with van der Waals surface area (Å²) in [4.78, 5) is 24.6. The maximum atomic E-state index is 11.5. The van der Waals surface area contributed by atoms with Crippen molar-refractivity contribution in [2.45, 2.75) is 25.8 Å². The SMILES string of the molecule is C#CCNC(=O)C(C)N1CCCC(=O)C1. The van der Waals surface area contributed by atoms with E-state index in [0.29, 0.717) is 13.0 Å². The summed E-state index contributed by atoms with van der Waals surface area (Å²) in [6.45, 7) is 3.22. The van der Waals surface area contributed by atoms with Crippen LogP contribution in [0.2, 0.25) is 0 Å². The molecule has 4 heteroatoms. The molecule has 0 aromatic carbocycles. The summed E-state index contributed by atoms with van der Waals surface area (Å²) < 4.78 is 0. The molecule has 0 saturated carbocycles. The molecule has 1 N–H and O–H groups in total. The van der Waals surface area contributed by atoms with Crippen molar-refractivity contribution in [3.05, 3.63) is 0 Å². The molecule has 1 rings (SSSR count). The molecule has 1 aliphatic heterocycles. The molecule has 1 aliphatic rings. The predicted octanol–water partition coefficient (Wildman–Crippen LogP) is -0.211. The Hall–Kier alpha value is -1.34. The molecule has 4 nitrogen and oxygen atoms in total. The van der Waals surface area contributed by atoms with E-state index in [1.54, 1.807) is 6.92 Å². The number of piperidine rings is 1. The summed E-state index contributed by atoms with van der Waals surface area (Å²) >= 11 is 0. The van der Waals surface area contributed by atoms with E-state index in [0.717, 1.165) is 13.0 Å². The lowest BCUT2D eigenvalue weighted by molar-refractivity contribution is -0.129. The molecule has 0 aliphatic carbocycles. The van der Waals surface area contributed by atoms with Gasteiger partial charge in [-0.05, 0) is 19.9 Å². The van der Waals surface area contributed by atoms with Crippen molar-refractivity contribution in [2.24, 2.45) is 0 Å². The highest BCUT2D eigenvalue weighted by molar-refractivity contribution is 5.84. The topological polar surface area (TPSA) is 49.4 Å². The molecule has 1 saturated heterocycles. The number of carbonyl (C=O) groups excluding carboxylic acids is 2. The smallest absolute Gasteiger partial charge is 0.237 e. The van der Waals surface area contributed by atoms with Crippen LogP contribution in [0.1, 0.15) is 19.8 Å². The molecule has 1 unspecified atom stereocenters. The van der Waals surface area contributed by atoms with Gasteiger partial charge in [-0.15, -0.1) is 6.42 Å². The Kier molecular flexibility index (Phi) is 4.32. The van der Waals surface area contributed by atoms with Crippen molar-refractivity contribution >= 4 is 11.7 Å². The van der Waals surface area contributed by atoms with E-state index >= 15 is 0 Å². The Morgan fingerprint density at radius 2 is 2.47 bits per heavy atom. The molecule has 1 atom stereocenters. The van der Waals surface area contributed by atoms with Crippen molar-refractivity contribution in [3.8, 4) is 12.3 Å².